The van der Waals surface area contributed by atoms with E-state index in [1.54, 1.807) is 16.0 Å². The van der Waals surface area contributed by atoms with Gasteiger partial charge in [-0.3, -0.25) is 0 Å². The van der Waals surface area contributed by atoms with Crippen molar-refractivity contribution in [2.45, 2.75) is 52.6 Å². The molecule has 0 saturated carbocycles. The normalized spacial score (nSPS) is 17.9. The average molecular weight is 285 g/mol. The van der Waals surface area contributed by atoms with Crippen LogP contribution in [0, 0.1) is 5.92 Å². The van der Waals surface area contributed by atoms with Gasteiger partial charge in [0.1, 0.15) is 8.07 Å². The van der Waals surface area contributed by atoms with Crippen molar-refractivity contribution in [3.05, 3.63) is 53.3 Å². The zero-order valence-electron chi connectivity index (χ0n) is 13.4. The number of benzene rings is 1. The summed E-state index contributed by atoms with van der Waals surface area (Å²) < 4.78 is 0. The Balaban J connectivity index is 2.45. The topological polar surface area (TPSA) is 0 Å². The van der Waals surface area contributed by atoms with Crippen LogP contribution in [0.5, 0.6) is 0 Å². The summed E-state index contributed by atoms with van der Waals surface area (Å²) in [6, 6.07) is 12.7. The van der Waals surface area contributed by atoms with Crippen LogP contribution in [-0.4, -0.2) is 8.07 Å². The van der Waals surface area contributed by atoms with Crippen molar-refractivity contribution >= 4 is 13.3 Å². The maximum Gasteiger partial charge on any atom is 0.111 e. The Kier molecular flexibility index (Phi) is 5.04. The van der Waals surface area contributed by atoms with Gasteiger partial charge in [0, 0.05) is 0 Å². The van der Waals surface area contributed by atoms with Crippen LogP contribution in [-0.2, 0) is 0 Å². The van der Waals surface area contributed by atoms with E-state index in [1.165, 1.54) is 25.3 Å². The second-order valence-corrected chi connectivity index (χ2v) is 10.8. The van der Waals surface area contributed by atoms with Crippen molar-refractivity contribution in [1.82, 2.24) is 0 Å². The second kappa shape index (κ2) is 6.58. The van der Waals surface area contributed by atoms with Crippen molar-refractivity contribution in [3.63, 3.8) is 0 Å². The number of rotatable bonds is 6. The number of allylic oxidation sites excluding steroid dienone is 4. The molecule has 2 rings (SSSR count). The van der Waals surface area contributed by atoms with Gasteiger partial charge in [0.25, 0.3) is 0 Å². The van der Waals surface area contributed by atoms with Crippen LogP contribution in [0.2, 0.25) is 12.6 Å². The van der Waals surface area contributed by atoms with E-state index in [0.717, 1.165) is 0 Å². The second-order valence-electron chi connectivity index (χ2n) is 6.50. The monoisotopic (exact) mass is 284 g/mol. The first kappa shape index (κ1) is 15.3. The average Bonchev–Trinajstić information content (AvgIpc) is 2.96. The van der Waals surface area contributed by atoms with Crippen molar-refractivity contribution < 1.29 is 0 Å². The third-order valence-corrected chi connectivity index (χ3v) is 9.48. The predicted octanol–water partition coefficient (Wildman–Crippen LogP) is 5.22. The first-order chi connectivity index (χ1) is 9.59. The quantitative estimate of drug-likeness (QED) is 0.628. The molecule has 0 saturated heterocycles. The van der Waals surface area contributed by atoms with E-state index in [9.17, 15) is 0 Å². The largest absolute Gasteiger partial charge is 0.111 e. The third-order valence-electron chi connectivity index (χ3n) is 4.70. The Bertz CT molecular complexity index is 496. The molecule has 1 atom stereocenters. The molecule has 1 aliphatic carbocycles. The fourth-order valence-electron chi connectivity index (χ4n) is 3.41. The Morgan fingerprint density at radius 3 is 2.45 bits per heavy atom. The van der Waals surface area contributed by atoms with E-state index in [-0.39, 0.29) is 0 Å². The molecule has 108 valence electrons. The van der Waals surface area contributed by atoms with Crippen LogP contribution in [0.25, 0.3) is 0 Å². The van der Waals surface area contributed by atoms with Gasteiger partial charge in [-0.25, -0.2) is 0 Å². The van der Waals surface area contributed by atoms with E-state index in [1.807, 2.05) is 0 Å². The maximum absolute atomic E-state index is 2.59. The molecule has 1 aromatic rings. The van der Waals surface area contributed by atoms with Crippen LogP contribution in [0.15, 0.2) is 53.3 Å². The summed E-state index contributed by atoms with van der Waals surface area (Å²) in [5.74, 6) is 0.654. The van der Waals surface area contributed by atoms with Gasteiger partial charge in [0.15, 0.2) is 0 Å². The molecule has 0 amide bonds. The summed E-state index contributed by atoms with van der Waals surface area (Å²) in [5.41, 5.74) is 1.62. The van der Waals surface area contributed by atoms with Gasteiger partial charge in [0.2, 0.25) is 0 Å². The van der Waals surface area contributed by atoms with Crippen LogP contribution in [0.4, 0.5) is 0 Å². The van der Waals surface area contributed by atoms with Gasteiger partial charge in [-0.05, 0) is 24.0 Å². The number of hydrogen-bond acceptors (Lipinski definition) is 0. The molecule has 1 heteroatoms. The number of unbranched alkanes of at least 4 members (excludes halogenated alkanes) is 1. The maximum atomic E-state index is 2.59. The van der Waals surface area contributed by atoms with Crippen molar-refractivity contribution in [2.24, 2.45) is 5.92 Å². The molecule has 0 radical (unpaired) electrons. The van der Waals surface area contributed by atoms with Gasteiger partial charge in [0.05, 0.1) is 0 Å². The molecule has 0 aliphatic heterocycles. The third kappa shape index (κ3) is 2.98. The van der Waals surface area contributed by atoms with Crippen LogP contribution < -0.4 is 5.19 Å². The van der Waals surface area contributed by atoms with Gasteiger partial charge >= 0.3 is 0 Å². The van der Waals surface area contributed by atoms with E-state index in [2.05, 4.69) is 69.8 Å². The van der Waals surface area contributed by atoms with Crippen LogP contribution >= 0.6 is 0 Å². The summed E-state index contributed by atoms with van der Waals surface area (Å²) in [5, 5.41) is 3.40. The molecule has 0 bridgehead atoms. The summed E-state index contributed by atoms with van der Waals surface area (Å²) in [4.78, 5) is 0. The highest BCUT2D eigenvalue weighted by atomic mass is 28.3. The van der Waals surface area contributed by atoms with Crippen LogP contribution in [0.3, 0.4) is 0 Å². The van der Waals surface area contributed by atoms with Gasteiger partial charge in [-0.2, -0.15) is 0 Å². The molecule has 1 aliphatic rings. The molecule has 20 heavy (non-hydrogen) atoms. The molecule has 0 nitrogen and oxygen atoms in total. The van der Waals surface area contributed by atoms with E-state index in [4.69, 9.17) is 0 Å². The molecular weight excluding hydrogens is 256 g/mol. The molecule has 0 N–H and O–H groups in total. The minimum atomic E-state index is -1.52. The summed E-state index contributed by atoms with van der Waals surface area (Å²) in [7, 11) is -1.52. The zero-order valence-corrected chi connectivity index (χ0v) is 14.4. The summed E-state index contributed by atoms with van der Waals surface area (Å²) >= 11 is 0. The molecular formula is C19H28Si. The number of hydrogen-bond donors (Lipinski definition) is 0. The highest BCUT2D eigenvalue weighted by Crippen LogP contribution is 2.35. The lowest BCUT2D eigenvalue weighted by Crippen LogP contribution is -2.47. The lowest BCUT2D eigenvalue weighted by atomic mass is 10.1. The fourth-order valence-corrected chi connectivity index (χ4v) is 7.92. The lowest BCUT2D eigenvalue weighted by Gasteiger charge is -2.32. The van der Waals surface area contributed by atoms with E-state index < -0.39 is 8.07 Å². The Morgan fingerprint density at radius 2 is 1.85 bits per heavy atom. The molecule has 0 heterocycles. The van der Waals surface area contributed by atoms with Gasteiger partial charge in [-0.1, -0.05) is 93.0 Å². The minimum absolute atomic E-state index is 0.654. The van der Waals surface area contributed by atoms with Crippen molar-refractivity contribution in [3.8, 4) is 0 Å². The molecule has 1 unspecified atom stereocenters. The Morgan fingerprint density at radius 1 is 1.15 bits per heavy atom. The van der Waals surface area contributed by atoms with Crippen molar-refractivity contribution in [1.29, 1.82) is 0 Å². The first-order valence-corrected chi connectivity index (χ1v) is 10.8. The summed E-state index contributed by atoms with van der Waals surface area (Å²) in [6.45, 7) is 9.57. The van der Waals surface area contributed by atoms with Gasteiger partial charge in [-0.15, -0.1) is 0 Å². The van der Waals surface area contributed by atoms with Crippen molar-refractivity contribution in [2.75, 3.05) is 0 Å². The highest BCUT2D eigenvalue weighted by Gasteiger charge is 2.35. The molecule has 0 aromatic heterocycles. The van der Waals surface area contributed by atoms with Crippen LogP contribution in [0.1, 0.15) is 40.0 Å². The Hall–Kier alpha value is -1.08. The predicted molar refractivity (Wildman–Crippen MR) is 93.0 cm³/mol. The van der Waals surface area contributed by atoms with Gasteiger partial charge < -0.3 is 0 Å². The van der Waals surface area contributed by atoms with E-state index >= 15 is 0 Å². The lowest BCUT2D eigenvalue weighted by molar-refractivity contribution is 0.787. The first-order valence-electron chi connectivity index (χ1n) is 8.05. The fraction of sp³-hybridized carbons (Fsp3) is 0.474. The minimum Gasteiger partial charge on any atom is -0.0806 e. The summed E-state index contributed by atoms with van der Waals surface area (Å²) in [6.07, 6.45) is 8.61. The molecule has 1 aromatic carbocycles. The Labute approximate surface area is 125 Å². The molecule has 0 spiro atoms. The standard InChI is InChI=1S/C19H28Si/c1-5-6-15-20(4,17-11-8-7-9-12-17)19-14-10-13-18(19)16(2)3/h7-13,16H,5-6,14-15H2,1-4H3. The highest BCUT2D eigenvalue weighted by molar-refractivity contribution is 6.96. The smallest absolute Gasteiger partial charge is 0.0806 e. The van der Waals surface area contributed by atoms with E-state index in [0.29, 0.717) is 5.92 Å². The SMILES string of the molecule is CCCC[Si](C)(C1=C(C(C)C)C=CC1)c1ccccc1. The zero-order chi connectivity index (χ0) is 14.6. The molecule has 0 fully saturated rings.